The molecule has 1 saturated heterocycles. The number of fused-ring (bicyclic) bond motifs is 1. The monoisotopic (exact) mass is 344 g/mol. The topological polar surface area (TPSA) is 61.6 Å². The smallest absolute Gasteiger partial charge is 0.224 e. The SMILES string of the molecule is CN(C)C[C@H]1C[C@H](CO)CN(C(=O)CCn2cnc3ccccc32)C1. The van der Waals surface area contributed by atoms with Crippen molar-refractivity contribution in [2.75, 3.05) is 40.3 Å². The summed E-state index contributed by atoms with van der Waals surface area (Å²) >= 11 is 0. The van der Waals surface area contributed by atoms with Gasteiger partial charge in [-0.1, -0.05) is 12.1 Å². The number of para-hydroxylation sites is 2. The van der Waals surface area contributed by atoms with Crippen LogP contribution in [0.3, 0.4) is 0 Å². The summed E-state index contributed by atoms with van der Waals surface area (Å²) in [6.45, 7) is 3.20. The Labute approximate surface area is 149 Å². The molecule has 0 saturated carbocycles. The average Bonchev–Trinajstić information content (AvgIpc) is 3.02. The molecule has 1 amide bonds. The number of aliphatic hydroxyl groups is 1. The van der Waals surface area contributed by atoms with Gasteiger partial charge in [0.2, 0.25) is 5.91 Å². The summed E-state index contributed by atoms with van der Waals surface area (Å²) in [7, 11) is 4.11. The van der Waals surface area contributed by atoms with Crippen LogP contribution in [-0.2, 0) is 11.3 Å². The zero-order valence-electron chi connectivity index (χ0n) is 15.1. The van der Waals surface area contributed by atoms with Crippen LogP contribution in [0.15, 0.2) is 30.6 Å². The van der Waals surface area contributed by atoms with Gasteiger partial charge in [-0.3, -0.25) is 4.79 Å². The standard InChI is InChI=1S/C19H28N4O2/c1-21(2)10-15-9-16(13-24)12-23(11-15)19(25)7-8-22-14-20-17-5-3-4-6-18(17)22/h3-6,14-16,24H,7-13H2,1-2H3/t15-,16+/m1/s1. The number of hydrogen-bond donors (Lipinski definition) is 1. The number of aromatic nitrogens is 2. The number of amides is 1. The lowest BCUT2D eigenvalue weighted by atomic mass is 9.89. The molecular formula is C19H28N4O2. The second-order valence-electron chi connectivity index (χ2n) is 7.39. The fraction of sp³-hybridized carbons (Fsp3) is 0.579. The van der Waals surface area contributed by atoms with E-state index in [2.05, 4.69) is 24.0 Å². The quantitative estimate of drug-likeness (QED) is 0.861. The molecule has 0 unspecified atom stereocenters. The number of carbonyl (C=O) groups is 1. The zero-order valence-corrected chi connectivity index (χ0v) is 15.1. The van der Waals surface area contributed by atoms with Crippen LogP contribution in [-0.4, -0.2) is 70.7 Å². The van der Waals surface area contributed by atoms with E-state index < -0.39 is 0 Å². The molecule has 1 aliphatic heterocycles. The molecule has 6 nitrogen and oxygen atoms in total. The van der Waals surface area contributed by atoms with Gasteiger partial charge in [0.1, 0.15) is 0 Å². The third-order valence-electron chi connectivity index (χ3n) is 4.95. The molecule has 0 spiro atoms. The lowest BCUT2D eigenvalue weighted by Crippen LogP contribution is -2.47. The zero-order chi connectivity index (χ0) is 17.8. The summed E-state index contributed by atoms with van der Waals surface area (Å²) in [4.78, 5) is 21.2. The molecule has 2 heterocycles. The molecule has 0 radical (unpaired) electrons. The van der Waals surface area contributed by atoms with E-state index in [0.717, 1.165) is 30.5 Å². The van der Waals surface area contributed by atoms with Gasteiger partial charge in [0.15, 0.2) is 0 Å². The van der Waals surface area contributed by atoms with Crippen LogP contribution in [0, 0.1) is 11.8 Å². The Balaban J connectivity index is 1.61. The van der Waals surface area contributed by atoms with Gasteiger partial charge < -0.3 is 19.5 Å². The van der Waals surface area contributed by atoms with Crippen molar-refractivity contribution in [2.24, 2.45) is 11.8 Å². The minimum Gasteiger partial charge on any atom is -0.396 e. The highest BCUT2D eigenvalue weighted by Gasteiger charge is 2.29. The average molecular weight is 344 g/mol. The minimum absolute atomic E-state index is 0.153. The fourth-order valence-corrected chi connectivity index (χ4v) is 3.87. The van der Waals surface area contributed by atoms with Crippen LogP contribution < -0.4 is 0 Å². The third-order valence-corrected chi connectivity index (χ3v) is 4.95. The number of likely N-dealkylation sites (tertiary alicyclic amines) is 1. The number of nitrogens with zero attached hydrogens (tertiary/aromatic N) is 4. The number of rotatable bonds is 6. The molecule has 25 heavy (non-hydrogen) atoms. The highest BCUT2D eigenvalue weighted by atomic mass is 16.3. The molecule has 136 valence electrons. The van der Waals surface area contributed by atoms with Gasteiger partial charge in [0.05, 0.1) is 17.4 Å². The number of hydrogen-bond acceptors (Lipinski definition) is 4. The van der Waals surface area contributed by atoms with E-state index in [-0.39, 0.29) is 18.4 Å². The molecule has 0 bridgehead atoms. The van der Waals surface area contributed by atoms with E-state index >= 15 is 0 Å². The minimum atomic E-state index is 0.153. The highest BCUT2D eigenvalue weighted by Crippen LogP contribution is 2.23. The molecule has 1 aromatic carbocycles. The van der Waals surface area contributed by atoms with Crippen molar-refractivity contribution in [1.82, 2.24) is 19.4 Å². The molecule has 1 N–H and O–H groups in total. The highest BCUT2D eigenvalue weighted by molar-refractivity contribution is 5.77. The van der Waals surface area contributed by atoms with Gasteiger partial charge >= 0.3 is 0 Å². The Morgan fingerprint density at radius 1 is 1.28 bits per heavy atom. The predicted molar refractivity (Wildman–Crippen MR) is 98.2 cm³/mol. The molecule has 6 heteroatoms. The van der Waals surface area contributed by atoms with Crippen molar-refractivity contribution in [1.29, 1.82) is 0 Å². The Kier molecular flexibility index (Phi) is 5.71. The van der Waals surface area contributed by atoms with E-state index in [4.69, 9.17) is 0 Å². The van der Waals surface area contributed by atoms with Crippen molar-refractivity contribution in [3.8, 4) is 0 Å². The second kappa shape index (κ2) is 7.97. The van der Waals surface area contributed by atoms with Crippen LogP contribution in [0.5, 0.6) is 0 Å². The van der Waals surface area contributed by atoms with Crippen molar-refractivity contribution in [2.45, 2.75) is 19.4 Å². The molecule has 0 aliphatic carbocycles. The van der Waals surface area contributed by atoms with Crippen molar-refractivity contribution < 1.29 is 9.90 Å². The summed E-state index contributed by atoms with van der Waals surface area (Å²) in [5, 5.41) is 9.58. The molecule has 1 fully saturated rings. The van der Waals surface area contributed by atoms with E-state index in [1.165, 1.54) is 0 Å². The first-order chi connectivity index (χ1) is 12.1. The van der Waals surface area contributed by atoms with Crippen molar-refractivity contribution in [3.63, 3.8) is 0 Å². The number of carbonyl (C=O) groups excluding carboxylic acids is 1. The molecular weight excluding hydrogens is 316 g/mol. The molecule has 1 aromatic heterocycles. The van der Waals surface area contributed by atoms with Crippen molar-refractivity contribution in [3.05, 3.63) is 30.6 Å². The maximum Gasteiger partial charge on any atom is 0.224 e. The Morgan fingerprint density at radius 2 is 2.04 bits per heavy atom. The van der Waals surface area contributed by atoms with E-state index in [1.807, 2.05) is 33.7 Å². The van der Waals surface area contributed by atoms with Gasteiger partial charge in [-0.15, -0.1) is 0 Å². The Bertz CT molecular complexity index is 712. The van der Waals surface area contributed by atoms with Gasteiger partial charge in [0, 0.05) is 39.2 Å². The van der Waals surface area contributed by atoms with Gasteiger partial charge in [0.25, 0.3) is 0 Å². The van der Waals surface area contributed by atoms with Crippen LogP contribution >= 0.6 is 0 Å². The summed E-state index contributed by atoms with van der Waals surface area (Å²) in [6.07, 6.45) is 3.26. The number of aryl methyl sites for hydroxylation is 1. The first-order valence-electron chi connectivity index (χ1n) is 9.00. The summed E-state index contributed by atoms with van der Waals surface area (Å²) < 4.78 is 2.04. The maximum absolute atomic E-state index is 12.7. The fourth-order valence-electron chi connectivity index (χ4n) is 3.87. The lowest BCUT2D eigenvalue weighted by Gasteiger charge is -2.38. The normalized spacial score (nSPS) is 21.2. The molecule has 2 aromatic rings. The van der Waals surface area contributed by atoms with Gasteiger partial charge in [-0.05, 0) is 44.5 Å². The lowest BCUT2D eigenvalue weighted by molar-refractivity contribution is -0.134. The Morgan fingerprint density at radius 3 is 2.80 bits per heavy atom. The number of piperidine rings is 1. The van der Waals surface area contributed by atoms with Crippen LogP contribution in [0.1, 0.15) is 12.8 Å². The number of benzene rings is 1. The Hall–Kier alpha value is -1.92. The van der Waals surface area contributed by atoms with Crippen molar-refractivity contribution >= 4 is 16.9 Å². The van der Waals surface area contributed by atoms with Crippen LogP contribution in [0.4, 0.5) is 0 Å². The van der Waals surface area contributed by atoms with Gasteiger partial charge in [-0.2, -0.15) is 0 Å². The first-order valence-corrected chi connectivity index (χ1v) is 9.00. The van der Waals surface area contributed by atoms with Gasteiger partial charge in [-0.25, -0.2) is 4.98 Å². The van der Waals surface area contributed by atoms with E-state index in [0.29, 0.717) is 25.4 Å². The second-order valence-corrected chi connectivity index (χ2v) is 7.39. The van der Waals surface area contributed by atoms with E-state index in [9.17, 15) is 9.90 Å². The maximum atomic E-state index is 12.7. The summed E-state index contributed by atoms with van der Waals surface area (Å²) in [5.74, 6) is 0.787. The van der Waals surface area contributed by atoms with Crippen LogP contribution in [0.25, 0.3) is 11.0 Å². The predicted octanol–water partition coefficient (Wildman–Crippen LogP) is 1.44. The molecule has 1 aliphatic rings. The van der Waals surface area contributed by atoms with Crippen LogP contribution in [0.2, 0.25) is 0 Å². The number of aliphatic hydroxyl groups excluding tert-OH is 1. The molecule has 3 rings (SSSR count). The first kappa shape index (κ1) is 17.9. The van der Waals surface area contributed by atoms with E-state index in [1.54, 1.807) is 6.33 Å². The third kappa shape index (κ3) is 4.38. The summed E-state index contributed by atoms with van der Waals surface area (Å²) in [5.41, 5.74) is 2.02. The largest absolute Gasteiger partial charge is 0.396 e. The number of imidazole rings is 1. The molecule has 2 atom stereocenters. The summed E-state index contributed by atoms with van der Waals surface area (Å²) in [6, 6.07) is 7.97.